The van der Waals surface area contributed by atoms with Crippen molar-refractivity contribution in [2.75, 3.05) is 20.6 Å². The van der Waals surface area contributed by atoms with E-state index in [1.807, 2.05) is 0 Å². The molecule has 1 atom stereocenters. The van der Waals surface area contributed by atoms with E-state index in [-0.39, 0.29) is 11.9 Å². The molecule has 0 aromatic carbocycles. The summed E-state index contributed by atoms with van der Waals surface area (Å²) in [7, 11) is 4.11. The minimum atomic E-state index is -0.0182. The van der Waals surface area contributed by atoms with Crippen molar-refractivity contribution >= 4 is 17.2 Å². The third-order valence-electron chi connectivity index (χ3n) is 5.21. The molecule has 1 saturated carbocycles. The molecule has 136 valence electrons. The molecule has 0 unspecified atom stereocenters. The minimum Gasteiger partial charge on any atom is -0.350 e. The highest BCUT2D eigenvalue weighted by molar-refractivity contribution is 7.10. The highest BCUT2D eigenvalue weighted by atomic mass is 32.1. The molecule has 5 nitrogen and oxygen atoms in total. The van der Waals surface area contributed by atoms with E-state index in [1.54, 1.807) is 17.5 Å². The molecule has 0 spiro atoms. The number of hydrogen-bond donors (Lipinski definition) is 2. The number of aromatic amines is 1. The number of carbonyl (C=O) groups is 1. The summed E-state index contributed by atoms with van der Waals surface area (Å²) >= 11 is 1.75. The van der Waals surface area contributed by atoms with Gasteiger partial charge in [-0.3, -0.25) is 9.89 Å². The van der Waals surface area contributed by atoms with Gasteiger partial charge in [-0.15, -0.1) is 11.3 Å². The first kappa shape index (κ1) is 18.1. The standard InChI is InChI=1S/C19H28N4OS/c1-13-9-10-25-18(13)16(23(2)3)12-20-19(24)15-11-21-22-17(15)14-7-5-4-6-8-14/h9-11,14,16H,4-8,12H2,1-3H3,(H,20,24)(H,21,22)/t16-/m1/s1. The van der Waals surface area contributed by atoms with Gasteiger partial charge < -0.3 is 10.2 Å². The van der Waals surface area contributed by atoms with Gasteiger partial charge in [0, 0.05) is 17.3 Å². The van der Waals surface area contributed by atoms with Crippen LogP contribution in [0.5, 0.6) is 0 Å². The van der Waals surface area contributed by atoms with E-state index in [1.165, 1.54) is 29.7 Å². The fourth-order valence-electron chi connectivity index (χ4n) is 3.70. The molecule has 3 rings (SSSR count). The van der Waals surface area contributed by atoms with Crippen LogP contribution in [0, 0.1) is 6.92 Å². The Kier molecular flexibility index (Phi) is 5.91. The van der Waals surface area contributed by atoms with Gasteiger partial charge in [0.2, 0.25) is 0 Å². The van der Waals surface area contributed by atoms with Gasteiger partial charge in [0.15, 0.2) is 0 Å². The van der Waals surface area contributed by atoms with E-state index in [2.05, 4.69) is 52.9 Å². The van der Waals surface area contributed by atoms with Crippen LogP contribution in [0.1, 0.15) is 70.6 Å². The van der Waals surface area contributed by atoms with Crippen LogP contribution in [0.25, 0.3) is 0 Å². The van der Waals surface area contributed by atoms with Crippen molar-refractivity contribution in [3.63, 3.8) is 0 Å². The van der Waals surface area contributed by atoms with Crippen molar-refractivity contribution in [3.05, 3.63) is 39.3 Å². The Hall–Kier alpha value is -1.66. The lowest BCUT2D eigenvalue weighted by Gasteiger charge is -2.25. The number of carbonyl (C=O) groups excluding carboxylic acids is 1. The van der Waals surface area contributed by atoms with Gasteiger partial charge in [-0.2, -0.15) is 5.10 Å². The maximum Gasteiger partial charge on any atom is 0.254 e. The van der Waals surface area contributed by atoms with E-state index in [9.17, 15) is 4.79 Å². The summed E-state index contributed by atoms with van der Waals surface area (Å²) in [4.78, 5) is 16.2. The summed E-state index contributed by atoms with van der Waals surface area (Å²) in [5.74, 6) is 0.427. The molecule has 1 aliphatic carbocycles. The normalized spacial score (nSPS) is 17.0. The first-order valence-electron chi connectivity index (χ1n) is 9.09. The third-order valence-corrected chi connectivity index (χ3v) is 6.33. The van der Waals surface area contributed by atoms with Crippen LogP contribution in [0.3, 0.4) is 0 Å². The van der Waals surface area contributed by atoms with Crippen LogP contribution in [0.2, 0.25) is 0 Å². The van der Waals surface area contributed by atoms with Gasteiger partial charge in [-0.25, -0.2) is 0 Å². The topological polar surface area (TPSA) is 61.0 Å². The summed E-state index contributed by atoms with van der Waals surface area (Å²) in [6.07, 6.45) is 7.77. The van der Waals surface area contributed by atoms with Gasteiger partial charge >= 0.3 is 0 Å². The largest absolute Gasteiger partial charge is 0.350 e. The molecule has 0 bridgehead atoms. The maximum absolute atomic E-state index is 12.8. The lowest BCUT2D eigenvalue weighted by Crippen LogP contribution is -2.34. The lowest BCUT2D eigenvalue weighted by atomic mass is 9.85. The number of aryl methyl sites for hydroxylation is 1. The summed E-state index contributed by atoms with van der Waals surface area (Å²) < 4.78 is 0. The molecule has 1 fully saturated rings. The number of rotatable bonds is 6. The molecule has 0 saturated heterocycles. The third kappa shape index (κ3) is 4.12. The van der Waals surface area contributed by atoms with Gasteiger partial charge in [0.05, 0.1) is 23.5 Å². The summed E-state index contributed by atoms with van der Waals surface area (Å²) in [5.41, 5.74) is 3.02. The molecule has 2 N–H and O–H groups in total. The highest BCUT2D eigenvalue weighted by Crippen LogP contribution is 2.33. The predicted molar refractivity (Wildman–Crippen MR) is 102 cm³/mol. The van der Waals surface area contributed by atoms with Crippen LogP contribution >= 0.6 is 11.3 Å². The van der Waals surface area contributed by atoms with Crippen molar-refractivity contribution in [2.45, 2.75) is 51.0 Å². The van der Waals surface area contributed by atoms with Crippen molar-refractivity contribution in [3.8, 4) is 0 Å². The monoisotopic (exact) mass is 360 g/mol. The van der Waals surface area contributed by atoms with E-state index in [4.69, 9.17) is 0 Å². The first-order chi connectivity index (χ1) is 12.1. The Balaban J connectivity index is 1.68. The molecule has 1 amide bonds. The Morgan fingerprint density at radius 1 is 1.40 bits per heavy atom. The zero-order chi connectivity index (χ0) is 17.8. The smallest absolute Gasteiger partial charge is 0.254 e. The summed E-state index contributed by atoms with van der Waals surface area (Å²) in [6, 6.07) is 2.32. The average Bonchev–Trinajstić information content (AvgIpc) is 3.25. The Morgan fingerprint density at radius 3 is 2.80 bits per heavy atom. The number of thiophene rings is 1. The van der Waals surface area contributed by atoms with Gasteiger partial charge in [-0.1, -0.05) is 19.3 Å². The van der Waals surface area contributed by atoms with Gasteiger partial charge in [0.25, 0.3) is 5.91 Å². The average molecular weight is 361 g/mol. The van der Waals surface area contributed by atoms with Crippen molar-refractivity contribution in [2.24, 2.45) is 0 Å². The van der Waals surface area contributed by atoms with Gasteiger partial charge in [0.1, 0.15) is 0 Å². The molecular weight excluding hydrogens is 332 g/mol. The van der Waals surface area contributed by atoms with Crippen molar-refractivity contribution < 1.29 is 4.79 Å². The van der Waals surface area contributed by atoms with E-state index in [0.717, 1.165) is 18.5 Å². The summed E-state index contributed by atoms with van der Waals surface area (Å²) in [6.45, 7) is 2.73. The SMILES string of the molecule is Cc1ccsc1[C@@H](CNC(=O)c1cn[nH]c1C1CCCCC1)N(C)C. The second-order valence-corrected chi connectivity index (χ2v) is 8.14. The predicted octanol–water partition coefficient (Wildman–Crippen LogP) is 3.86. The summed E-state index contributed by atoms with van der Waals surface area (Å²) in [5, 5.41) is 12.5. The molecule has 2 aromatic rings. The number of nitrogens with zero attached hydrogens (tertiary/aromatic N) is 2. The first-order valence-corrected chi connectivity index (χ1v) is 9.97. The number of nitrogens with one attached hydrogen (secondary N) is 2. The number of aromatic nitrogens is 2. The molecule has 1 aliphatic rings. The van der Waals surface area contributed by atoms with Crippen LogP contribution in [-0.2, 0) is 0 Å². The Labute approximate surface area is 153 Å². The van der Waals surface area contributed by atoms with Crippen LogP contribution < -0.4 is 5.32 Å². The van der Waals surface area contributed by atoms with E-state index in [0.29, 0.717) is 18.0 Å². The molecule has 0 aliphatic heterocycles. The Bertz CT molecular complexity index is 700. The fourth-order valence-corrected chi connectivity index (χ4v) is 4.82. The van der Waals surface area contributed by atoms with Crippen molar-refractivity contribution in [1.82, 2.24) is 20.4 Å². The molecular formula is C19H28N4OS. The molecule has 0 radical (unpaired) electrons. The zero-order valence-corrected chi connectivity index (χ0v) is 16.2. The Morgan fingerprint density at radius 2 is 2.16 bits per heavy atom. The van der Waals surface area contributed by atoms with Crippen LogP contribution in [-0.4, -0.2) is 41.6 Å². The zero-order valence-electron chi connectivity index (χ0n) is 15.3. The van der Waals surface area contributed by atoms with Crippen molar-refractivity contribution in [1.29, 1.82) is 0 Å². The van der Waals surface area contributed by atoms with Gasteiger partial charge in [-0.05, 0) is 50.9 Å². The number of H-pyrrole nitrogens is 1. The van der Waals surface area contributed by atoms with E-state index < -0.39 is 0 Å². The number of amides is 1. The quantitative estimate of drug-likeness (QED) is 0.822. The molecule has 6 heteroatoms. The van der Waals surface area contributed by atoms with Crippen LogP contribution in [0.4, 0.5) is 0 Å². The molecule has 2 heterocycles. The second-order valence-electron chi connectivity index (χ2n) is 7.19. The molecule has 2 aromatic heterocycles. The molecule has 25 heavy (non-hydrogen) atoms. The highest BCUT2D eigenvalue weighted by Gasteiger charge is 2.24. The fraction of sp³-hybridized carbons (Fsp3) is 0.579. The number of hydrogen-bond acceptors (Lipinski definition) is 4. The van der Waals surface area contributed by atoms with E-state index >= 15 is 0 Å². The minimum absolute atomic E-state index is 0.0182. The lowest BCUT2D eigenvalue weighted by molar-refractivity contribution is 0.0940. The van der Waals surface area contributed by atoms with Crippen LogP contribution in [0.15, 0.2) is 17.6 Å². The second kappa shape index (κ2) is 8.15. The number of likely N-dealkylation sites (N-methyl/N-ethyl adjacent to an activating group) is 1. The maximum atomic E-state index is 12.8.